The summed E-state index contributed by atoms with van der Waals surface area (Å²) in [6, 6.07) is 20.2. The van der Waals surface area contributed by atoms with Crippen molar-refractivity contribution in [2.24, 2.45) is 0 Å². The first-order chi connectivity index (χ1) is 17.5. The molecule has 1 aliphatic heterocycles. The standard InChI is InChI=1S/C31H34FNO3/c1-22-19-27(21-33-17-7-6-13-29(33)31(34)35)30(36-18-16-32)20-26(22)15-14-24-11-8-12-28(23(24)2)25-9-4-3-5-10-25/h3-5,8-12,14-15,19-20,29H,6-7,13,16-18,21H2,1-2H3,(H,34,35)/b15-14+/t29-/m0/s1. The van der Waals surface area contributed by atoms with E-state index in [1.807, 2.05) is 42.2 Å². The maximum Gasteiger partial charge on any atom is 0.320 e. The summed E-state index contributed by atoms with van der Waals surface area (Å²) in [5.41, 5.74) is 7.67. The van der Waals surface area contributed by atoms with Crippen molar-refractivity contribution < 1.29 is 19.0 Å². The second-order valence-corrected chi connectivity index (χ2v) is 9.39. The van der Waals surface area contributed by atoms with Crippen LogP contribution >= 0.6 is 0 Å². The minimum absolute atomic E-state index is 0.0280. The first kappa shape index (κ1) is 25.6. The lowest BCUT2D eigenvalue weighted by atomic mass is 9.95. The lowest BCUT2D eigenvalue weighted by Crippen LogP contribution is -2.44. The summed E-state index contributed by atoms with van der Waals surface area (Å²) in [6.45, 7) is 4.77. The smallest absolute Gasteiger partial charge is 0.320 e. The topological polar surface area (TPSA) is 49.8 Å². The number of nitrogens with zero attached hydrogens (tertiary/aromatic N) is 1. The number of ether oxygens (including phenoxy) is 1. The van der Waals surface area contributed by atoms with E-state index >= 15 is 0 Å². The number of hydrogen-bond donors (Lipinski definition) is 1. The van der Waals surface area contributed by atoms with Crippen molar-refractivity contribution in [3.63, 3.8) is 0 Å². The van der Waals surface area contributed by atoms with Gasteiger partial charge in [-0.15, -0.1) is 0 Å². The predicted octanol–water partition coefficient (Wildman–Crippen LogP) is 6.93. The number of carboxylic acid groups (broad SMARTS) is 1. The number of aliphatic carboxylic acids is 1. The molecule has 1 N–H and O–H groups in total. The molecule has 0 aromatic heterocycles. The van der Waals surface area contributed by atoms with Gasteiger partial charge in [0.15, 0.2) is 0 Å². The number of aryl methyl sites for hydroxylation is 1. The van der Waals surface area contributed by atoms with Crippen LogP contribution in [0.4, 0.5) is 4.39 Å². The minimum atomic E-state index is -0.787. The number of piperidine rings is 1. The van der Waals surface area contributed by atoms with Gasteiger partial charge in [0, 0.05) is 12.1 Å². The molecule has 1 aliphatic rings. The summed E-state index contributed by atoms with van der Waals surface area (Å²) in [7, 11) is 0. The molecule has 0 saturated carbocycles. The summed E-state index contributed by atoms with van der Waals surface area (Å²) < 4.78 is 18.8. The zero-order valence-electron chi connectivity index (χ0n) is 21.0. The normalized spacial score (nSPS) is 16.4. The number of alkyl halides is 1. The van der Waals surface area contributed by atoms with Crippen LogP contribution in [0.1, 0.15) is 47.1 Å². The Morgan fingerprint density at radius 2 is 1.83 bits per heavy atom. The third-order valence-electron chi connectivity index (χ3n) is 6.96. The SMILES string of the molecule is Cc1cc(CN2CCCC[C@H]2C(=O)O)c(OCCF)cc1/C=C/c1cccc(-c2ccccc2)c1C. The quantitative estimate of drug-likeness (QED) is 0.333. The Kier molecular flexibility index (Phi) is 8.55. The van der Waals surface area contributed by atoms with Crippen molar-refractivity contribution in [3.05, 3.63) is 88.5 Å². The van der Waals surface area contributed by atoms with Gasteiger partial charge in [0.05, 0.1) is 0 Å². The van der Waals surface area contributed by atoms with E-state index in [0.29, 0.717) is 18.7 Å². The molecule has 1 saturated heterocycles. The molecule has 3 aromatic carbocycles. The van der Waals surface area contributed by atoms with E-state index in [0.717, 1.165) is 41.6 Å². The monoisotopic (exact) mass is 487 g/mol. The van der Waals surface area contributed by atoms with Gasteiger partial charge in [0.25, 0.3) is 0 Å². The van der Waals surface area contributed by atoms with E-state index in [4.69, 9.17) is 4.74 Å². The van der Waals surface area contributed by atoms with Crippen molar-refractivity contribution in [2.45, 2.75) is 45.7 Å². The van der Waals surface area contributed by atoms with Crippen molar-refractivity contribution in [1.29, 1.82) is 0 Å². The second kappa shape index (κ2) is 12.0. The van der Waals surface area contributed by atoms with Crippen LogP contribution in [0.15, 0.2) is 60.7 Å². The Morgan fingerprint density at radius 3 is 2.58 bits per heavy atom. The van der Waals surface area contributed by atoms with Gasteiger partial charge in [0.1, 0.15) is 25.1 Å². The fourth-order valence-electron chi connectivity index (χ4n) is 4.97. The molecule has 0 amide bonds. The number of likely N-dealkylation sites (tertiary alicyclic amines) is 1. The van der Waals surface area contributed by atoms with Crippen LogP contribution in [0, 0.1) is 13.8 Å². The Bertz CT molecular complexity index is 1220. The van der Waals surface area contributed by atoms with Gasteiger partial charge in [-0.25, -0.2) is 4.39 Å². The molecule has 0 bridgehead atoms. The van der Waals surface area contributed by atoms with Crippen LogP contribution in [0.5, 0.6) is 5.75 Å². The molecule has 188 valence electrons. The second-order valence-electron chi connectivity index (χ2n) is 9.39. The molecule has 5 heteroatoms. The molecule has 0 spiro atoms. The first-order valence-electron chi connectivity index (χ1n) is 12.6. The zero-order chi connectivity index (χ0) is 25.5. The fourth-order valence-corrected chi connectivity index (χ4v) is 4.97. The Hall–Kier alpha value is -3.44. The molecule has 0 unspecified atom stereocenters. The summed E-state index contributed by atoms with van der Waals surface area (Å²) in [5, 5.41) is 9.66. The van der Waals surface area contributed by atoms with Gasteiger partial charge < -0.3 is 9.84 Å². The van der Waals surface area contributed by atoms with E-state index in [1.165, 1.54) is 16.7 Å². The molecule has 1 atom stereocenters. The van der Waals surface area contributed by atoms with Crippen molar-refractivity contribution in [2.75, 3.05) is 19.8 Å². The first-order valence-corrected chi connectivity index (χ1v) is 12.6. The van der Waals surface area contributed by atoms with Crippen LogP contribution in [0.25, 0.3) is 23.3 Å². The van der Waals surface area contributed by atoms with E-state index < -0.39 is 18.7 Å². The van der Waals surface area contributed by atoms with Crippen LogP contribution in [0.3, 0.4) is 0 Å². The van der Waals surface area contributed by atoms with Gasteiger partial charge in [-0.05, 0) is 72.7 Å². The third-order valence-corrected chi connectivity index (χ3v) is 6.96. The summed E-state index contributed by atoms with van der Waals surface area (Å²) in [6.07, 6.45) is 6.72. The van der Waals surface area contributed by atoms with Gasteiger partial charge in [0.2, 0.25) is 0 Å². The molecule has 36 heavy (non-hydrogen) atoms. The molecule has 1 heterocycles. The highest BCUT2D eigenvalue weighted by Crippen LogP contribution is 2.30. The van der Waals surface area contributed by atoms with Gasteiger partial charge in [-0.1, -0.05) is 73.2 Å². The van der Waals surface area contributed by atoms with Gasteiger partial charge in [-0.2, -0.15) is 0 Å². The Morgan fingerprint density at radius 1 is 1.06 bits per heavy atom. The van der Waals surface area contributed by atoms with E-state index in [2.05, 4.69) is 49.4 Å². The largest absolute Gasteiger partial charge is 0.491 e. The van der Waals surface area contributed by atoms with Crippen LogP contribution in [-0.4, -0.2) is 41.8 Å². The van der Waals surface area contributed by atoms with E-state index in [9.17, 15) is 14.3 Å². The number of carboxylic acids is 1. The zero-order valence-corrected chi connectivity index (χ0v) is 21.0. The van der Waals surface area contributed by atoms with E-state index in [-0.39, 0.29) is 6.61 Å². The molecule has 0 radical (unpaired) electrons. The van der Waals surface area contributed by atoms with Gasteiger partial charge >= 0.3 is 5.97 Å². The van der Waals surface area contributed by atoms with Crippen molar-refractivity contribution in [1.82, 2.24) is 4.90 Å². The lowest BCUT2D eigenvalue weighted by Gasteiger charge is -2.33. The minimum Gasteiger partial charge on any atom is -0.491 e. The average molecular weight is 488 g/mol. The molecule has 4 nitrogen and oxygen atoms in total. The highest BCUT2D eigenvalue weighted by Gasteiger charge is 2.29. The maximum atomic E-state index is 13.0. The van der Waals surface area contributed by atoms with Crippen molar-refractivity contribution >= 4 is 18.1 Å². The van der Waals surface area contributed by atoms with Crippen LogP contribution in [-0.2, 0) is 11.3 Å². The van der Waals surface area contributed by atoms with Crippen molar-refractivity contribution in [3.8, 4) is 16.9 Å². The molecular formula is C31H34FNO3. The highest BCUT2D eigenvalue weighted by molar-refractivity contribution is 5.78. The molecule has 4 rings (SSSR count). The summed E-state index contributed by atoms with van der Waals surface area (Å²) in [5.74, 6) is -0.173. The molecule has 0 aliphatic carbocycles. The maximum absolute atomic E-state index is 13.0. The number of benzene rings is 3. The van der Waals surface area contributed by atoms with Crippen LogP contribution < -0.4 is 4.74 Å². The van der Waals surface area contributed by atoms with Gasteiger partial charge in [-0.3, -0.25) is 9.69 Å². The number of carbonyl (C=O) groups is 1. The number of halogens is 1. The Balaban J connectivity index is 1.63. The number of rotatable bonds is 9. The molecular weight excluding hydrogens is 453 g/mol. The predicted molar refractivity (Wildman–Crippen MR) is 144 cm³/mol. The fraction of sp³-hybridized carbons (Fsp3) is 0.323. The summed E-state index contributed by atoms with van der Waals surface area (Å²) >= 11 is 0. The van der Waals surface area contributed by atoms with E-state index in [1.54, 1.807) is 0 Å². The summed E-state index contributed by atoms with van der Waals surface area (Å²) in [4.78, 5) is 13.8. The molecule has 3 aromatic rings. The van der Waals surface area contributed by atoms with Crippen LogP contribution in [0.2, 0.25) is 0 Å². The molecule has 1 fully saturated rings. The highest BCUT2D eigenvalue weighted by atomic mass is 19.1. The number of hydrogen-bond acceptors (Lipinski definition) is 3. The average Bonchev–Trinajstić information content (AvgIpc) is 2.89. The Labute approximate surface area is 213 Å². The lowest BCUT2D eigenvalue weighted by molar-refractivity contribution is -0.144. The third kappa shape index (κ3) is 6.03.